The number of benzene rings is 1. The Hall–Kier alpha value is -2.86. The maximum Gasteiger partial charge on any atom is 0.388 e. The van der Waals surface area contributed by atoms with Crippen molar-refractivity contribution in [2.24, 2.45) is 16.6 Å². The summed E-state index contributed by atoms with van der Waals surface area (Å²) < 4.78 is 49.2. The third-order valence-electron chi connectivity index (χ3n) is 5.66. The summed E-state index contributed by atoms with van der Waals surface area (Å²) in [4.78, 5) is 24.6. The number of halogens is 3. The standard InChI is InChI=1S/C20H20F3N5O3S.CH4/c1-30-15-4-5-20(12(15)9-32-19(24)28-20)11-6-10(2-3-13(11)21)27-17(29)14-7-26-16(8-25-14)31-18(22)23;/h2-3,6-8,12,15,18H,4-5,9H2,1H3,(H2,24,28)(H,27,29);1H4/t12-,15+,20-;/m1./s1. The van der Waals surface area contributed by atoms with Gasteiger partial charge in [-0.2, -0.15) is 8.78 Å². The molecule has 0 bridgehead atoms. The molecule has 8 nitrogen and oxygen atoms in total. The molecular weight excluding hydrogens is 459 g/mol. The molecule has 0 spiro atoms. The fourth-order valence-electron chi connectivity index (χ4n) is 4.24. The fourth-order valence-corrected chi connectivity index (χ4v) is 5.30. The summed E-state index contributed by atoms with van der Waals surface area (Å²) in [5.41, 5.74) is 5.64. The molecule has 1 aliphatic heterocycles. The Kier molecular flexibility index (Phi) is 7.48. The number of hydrogen-bond donors (Lipinski definition) is 2. The molecule has 1 aromatic heterocycles. The summed E-state index contributed by atoms with van der Waals surface area (Å²) in [7, 11) is 1.62. The van der Waals surface area contributed by atoms with Crippen molar-refractivity contribution < 1.29 is 27.4 Å². The van der Waals surface area contributed by atoms with Crippen LogP contribution in [0.25, 0.3) is 0 Å². The molecule has 2 aliphatic rings. The lowest BCUT2D eigenvalue weighted by atomic mass is 9.80. The summed E-state index contributed by atoms with van der Waals surface area (Å²) in [6.07, 6.45) is 3.11. The van der Waals surface area contributed by atoms with E-state index in [1.807, 2.05) is 0 Å². The second-order valence-electron chi connectivity index (χ2n) is 7.37. The minimum absolute atomic E-state index is 0. The number of amidine groups is 1. The smallest absolute Gasteiger partial charge is 0.388 e. The molecule has 0 unspecified atom stereocenters. The Morgan fingerprint density at radius 3 is 2.79 bits per heavy atom. The number of ether oxygens (including phenoxy) is 2. The Labute approximate surface area is 193 Å². The van der Waals surface area contributed by atoms with Gasteiger partial charge in [0.1, 0.15) is 11.5 Å². The first-order valence-electron chi connectivity index (χ1n) is 9.71. The summed E-state index contributed by atoms with van der Waals surface area (Å²) in [5, 5.41) is 3.01. The maximum absolute atomic E-state index is 15.0. The number of nitrogens with one attached hydrogen (secondary N) is 1. The van der Waals surface area contributed by atoms with E-state index in [4.69, 9.17) is 10.5 Å². The topological polar surface area (TPSA) is 112 Å². The Bertz CT molecular complexity index is 1040. The summed E-state index contributed by atoms with van der Waals surface area (Å²) in [5.74, 6) is -0.937. The largest absolute Gasteiger partial charge is 0.415 e. The molecule has 3 atom stereocenters. The van der Waals surface area contributed by atoms with Crippen molar-refractivity contribution in [1.82, 2.24) is 9.97 Å². The average Bonchev–Trinajstić information content (AvgIpc) is 3.13. The molecule has 1 aromatic carbocycles. The second-order valence-corrected chi connectivity index (χ2v) is 8.41. The van der Waals surface area contributed by atoms with E-state index in [1.165, 1.54) is 30.0 Å². The molecule has 1 aliphatic carbocycles. The van der Waals surface area contributed by atoms with Gasteiger partial charge < -0.3 is 20.5 Å². The van der Waals surface area contributed by atoms with Crippen molar-refractivity contribution in [3.8, 4) is 5.88 Å². The average molecular weight is 484 g/mol. The highest BCUT2D eigenvalue weighted by molar-refractivity contribution is 8.13. The molecule has 2 heterocycles. The van der Waals surface area contributed by atoms with Crippen molar-refractivity contribution in [3.63, 3.8) is 0 Å². The SMILES string of the molecule is C.CO[C@H]1CC[C@]2(c3cc(NC(=O)c4cnc(OC(F)F)cn4)ccc3F)N=C(N)SC[C@H]12. The highest BCUT2D eigenvalue weighted by Gasteiger charge is 2.53. The molecule has 2 aromatic rings. The van der Waals surface area contributed by atoms with Crippen LogP contribution >= 0.6 is 11.8 Å². The van der Waals surface area contributed by atoms with Crippen LogP contribution < -0.4 is 15.8 Å². The predicted octanol–water partition coefficient (Wildman–Crippen LogP) is 3.79. The number of anilines is 1. The first-order chi connectivity index (χ1) is 15.3. The Morgan fingerprint density at radius 2 is 2.12 bits per heavy atom. The number of rotatable bonds is 6. The lowest BCUT2D eigenvalue weighted by Crippen LogP contribution is -2.41. The van der Waals surface area contributed by atoms with Crippen LogP contribution in [0.2, 0.25) is 0 Å². The third kappa shape index (κ3) is 4.91. The molecule has 33 heavy (non-hydrogen) atoms. The molecule has 0 saturated heterocycles. The van der Waals surface area contributed by atoms with Gasteiger partial charge in [-0.25, -0.2) is 14.4 Å². The zero-order valence-electron chi connectivity index (χ0n) is 16.9. The van der Waals surface area contributed by atoms with Crippen LogP contribution in [-0.4, -0.2) is 46.6 Å². The number of thioether (sulfide) groups is 1. The van der Waals surface area contributed by atoms with Gasteiger partial charge in [-0.3, -0.25) is 9.79 Å². The number of hydrogen-bond acceptors (Lipinski definition) is 8. The van der Waals surface area contributed by atoms with E-state index in [0.717, 1.165) is 12.4 Å². The lowest BCUT2D eigenvalue weighted by Gasteiger charge is -2.37. The van der Waals surface area contributed by atoms with Crippen LogP contribution in [0, 0.1) is 11.7 Å². The highest BCUT2D eigenvalue weighted by Crippen LogP contribution is 2.52. The third-order valence-corrected chi connectivity index (χ3v) is 6.57. The van der Waals surface area contributed by atoms with E-state index in [-0.39, 0.29) is 25.1 Å². The van der Waals surface area contributed by atoms with Crippen molar-refractivity contribution >= 4 is 28.5 Å². The zero-order chi connectivity index (χ0) is 22.9. The quantitative estimate of drug-likeness (QED) is 0.643. The van der Waals surface area contributed by atoms with Crippen LogP contribution in [0.1, 0.15) is 36.3 Å². The monoisotopic (exact) mass is 483 g/mol. The van der Waals surface area contributed by atoms with Crippen molar-refractivity contribution in [2.75, 3.05) is 18.2 Å². The summed E-state index contributed by atoms with van der Waals surface area (Å²) in [6, 6.07) is 4.21. The van der Waals surface area contributed by atoms with Gasteiger partial charge in [0.15, 0.2) is 5.17 Å². The number of amides is 1. The second kappa shape index (κ2) is 9.96. The van der Waals surface area contributed by atoms with Gasteiger partial charge in [-0.15, -0.1) is 0 Å². The zero-order valence-corrected chi connectivity index (χ0v) is 17.7. The van der Waals surface area contributed by atoms with E-state index < -0.39 is 29.8 Å². The van der Waals surface area contributed by atoms with E-state index in [9.17, 15) is 18.0 Å². The van der Waals surface area contributed by atoms with E-state index in [0.29, 0.717) is 35.0 Å². The summed E-state index contributed by atoms with van der Waals surface area (Å²) >= 11 is 1.41. The van der Waals surface area contributed by atoms with Crippen molar-refractivity contribution in [3.05, 3.63) is 47.7 Å². The van der Waals surface area contributed by atoms with E-state index >= 15 is 0 Å². The molecule has 0 radical (unpaired) electrons. The molecule has 1 saturated carbocycles. The van der Waals surface area contributed by atoms with Crippen LogP contribution in [0.3, 0.4) is 0 Å². The number of nitrogens with zero attached hydrogens (tertiary/aromatic N) is 3. The van der Waals surface area contributed by atoms with Gasteiger partial charge in [-0.1, -0.05) is 19.2 Å². The molecule has 1 fully saturated rings. The van der Waals surface area contributed by atoms with Gasteiger partial charge in [0.05, 0.1) is 24.0 Å². The van der Waals surface area contributed by atoms with Gasteiger partial charge in [0.25, 0.3) is 5.91 Å². The van der Waals surface area contributed by atoms with Crippen molar-refractivity contribution in [2.45, 2.75) is 38.5 Å². The normalized spacial score (nSPS) is 24.0. The van der Waals surface area contributed by atoms with E-state index in [1.54, 1.807) is 7.11 Å². The van der Waals surface area contributed by atoms with Crippen molar-refractivity contribution in [1.29, 1.82) is 0 Å². The Balaban J connectivity index is 0.00000306. The molecule has 1 amide bonds. The highest BCUT2D eigenvalue weighted by atomic mass is 32.2. The molecule has 3 N–H and O–H groups in total. The van der Waals surface area contributed by atoms with Gasteiger partial charge in [0, 0.05) is 30.0 Å². The number of methoxy groups -OCH3 is 1. The van der Waals surface area contributed by atoms with Crippen LogP contribution in [0.4, 0.5) is 18.9 Å². The lowest BCUT2D eigenvalue weighted by molar-refractivity contribution is -0.0531. The number of nitrogens with two attached hydrogens (primary N) is 1. The first kappa shape index (κ1) is 24.8. The predicted molar refractivity (Wildman–Crippen MR) is 119 cm³/mol. The maximum atomic E-state index is 15.0. The van der Waals surface area contributed by atoms with Crippen LogP contribution in [0.15, 0.2) is 35.6 Å². The van der Waals surface area contributed by atoms with Gasteiger partial charge in [0.2, 0.25) is 5.88 Å². The number of aromatic nitrogens is 2. The van der Waals surface area contributed by atoms with Crippen LogP contribution in [0.5, 0.6) is 5.88 Å². The molecule has 178 valence electrons. The van der Waals surface area contributed by atoms with Crippen LogP contribution in [-0.2, 0) is 10.3 Å². The first-order valence-corrected chi connectivity index (χ1v) is 10.7. The number of fused-ring (bicyclic) bond motifs is 1. The summed E-state index contributed by atoms with van der Waals surface area (Å²) in [6.45, 7) is -3.05. The minimum atomic E-state index is -3.05. The van der Waals surface area contributed by atoms with E-state index in [2.05, 4.69) is 25.0 Å². The fraction of sp³-hybridized carbons (Fsp3) is 0.429. The number of carbonyl (C=O) groups excluding carboxylic acids is 1. The minimum Gasteiger partial charge on any atom is -0.415 e. The number of carbonyl (C=O) groups is 1. The molecule has 4 rings (SSSR count). The number of aliphatic imine (C=N–C) groups is 1. The van der Waals surface area contributed by atoms with Gasteiger partial charge >= 0.3 is 6.61 Å². The number of alkyl halides is 2. The molecule has 12 heteroatoms. The molecular formula is C21H24F3N5O3S. The van der Waals surface area contributed by atoms with Gasteiger partial charge in [-0.05, 0) is 31.0 Å². The Morgan fingerprint density at radius 1 is 1.33 bits per heavy atom.